The average Bonchev–Trinajstić information content (AvgIpc) is 2.32. The Bertz CT molecular complexity index is 524. The van der Waals surface area contributed by atoms with Gasteiger partial charge in [0.2, 0.25) is 0 Å². The number of nitrogens with zero attached hydrogens (tertiary/aromatic N) is 2. The lowest BCUT2D eigenvalue weighted by Gasteiger charge is -2.17. The highest BCUT2D eigenvalue weighted by Gasteiger charge is 2.18. The van der Waals surface area contributed by atoms with Crippen LogP contribution < -0.4 is 9.47 Å². The second-order valence-electron chi connectivity index (χ2n) is 4.93. The third-order valence-corrected chi connectivity index (χ3v) is 2.50. The first-order valence-corrected chi connectivity index (χ1v) is 6.12. The normalized spacial score (nSPS) is 9.90. The Hall–Kier alpha value is -2.24. The van der Waals surface area contributed by atoms with Crippen LogP contribution in [-0.4, -0.2) is 50.2 Å². The standard InChI is InChI=1S/C14H20N2O4/c1-9-7-10(2)12(20-14(18)16(5)6)11(8-9)19-13(17)15(3)4/h7-8H,1-6H3. The van der Waals surface area contributed by atoms with E-state index in [-0.39, 0.29) is 11.5 Å². The molecule has 6 heteroatoms. The molecule has 1 aromatic carbocycles. The number of aryl methyl sites for hydroxylation is 2. The SMILES string of the molecule is Cc1cc(C)c(OC(=O)N(C)C)c(OC(=O)N(C)C)c1. The summed E-state index contributed by atoms with van der Waals surface area (Å²) in [5.74, 6) is 0.487. The third kappa shape index (κ3) is 3.88. The average molecular weight is 280 g/mol. The van der Waals surface area contributed by atoms with E-state index < -0.39 is 12.2 Å². The Labute approximate surface area is 118 Å². The molecule has 0 aliphatic rings. The van der Waals surface area contributed by atoms with Crippen LogP contribution in [0, 0.1) is 13.8 Å². The lowest BCUT2D eigenvalue weighted by molar-refractivity contribution is 0.160. The van der Waals surface area contributed by atoms with Gasteiger partial charge in [0.05, 0.1) is 0 Å². The van der Waals surface area contributed by atoms with Gasteiger partial charge in [-0.3, -0.25) is 0 Å². The van der Waals surface area contributed by atoms with Crippen molar-refractivity contribution in [1.29, 1.82) is 0 Å². The van der Waals surface area contributed by atoms with Crippen molar-refractivity contribution in [3.63, 3.8) is 0 Å². The number of hydrogen-bond acceptors (Lipinski definition) is 4. The second kappa shape index (κ2) is 6.27. The smallest absolute Gasteiger partial charge is 0.406 e. The summed E-state index contributed by atoms with van der Waals surface area (Å²) in [6.07, 6.45) is -1.06. The number of hydrogen-bond donors (Lipinski definition) is 0. The molecule has 0 bridgehead atoms. The van der Waals surface area contributed by atoms with Crippen LogP contribution in [0.4, 0.5) is 9.59 Å². The van der Waals surface area contributed by atoms with E-state index in [1.807, 2.05) is 13.0 Å². The topological polar surface area (TPSA) is 59.1 Å². The summed E-state index contributed by atoms with van der Waals surface area (Å²) < 4.78 is 10.5. The monoisotopic (exact) mass is 280 g/mol. The van der Waals surface area contributed by atoms with E-state index in [9.17, 15) is 9.59 Å². The number of benzene rings is 1. The maximum absolute atomic E-state index is 11.7. The van der Waals surface area contributed by atoms with Crippen LogP contribution >= 0.6 is 0 Å². The van der Waals surface area contributed by atoms with Gasteiger partial charge in [0.15, 0.2) is 11.5 Å². The van der Waals surface area contributed by atoms with Gasteiger partial charge in [-0.15, -0.1) is 0 Å². The molecule has 0 radical (unpaired) electrons. The number of ether oxygens (including phenoxy) is 2. The van der Waals surface area contributed by atoms with Gasteiger partial charge in [0, 0.05) is 28.2 Å². The number of carbonyl (C=O) groups excluding carboxylic acids is 2. The summed E-state index contributed by atoms with van der Waals surface area (Å²) in [6, 6.07) is 3.51. The first-order chi connectivity index (χ1) is 9.22. The van der Waals surface area contributed by atoms with Crippen LogP contribution in [0.2, 0.25) is 0 Å². The maximum atomic E-state index is 11.7. The van der Waals surface area contributed by atoms with E-state index in [0.29, 0.717) is 0 Å². The Morgan fingerprint density at radius 2 is 1.40 bits per heavy atom. The van der Waals surface area contributed by atoms with Crippen LogP contribution in [-0.2, 0) is 0 Å². The summed E-state index contributed by atoms with van der Waals surface area (Å²) in [6.45, 7) is 3.66. The van der Waals surface area contributed by atoms with Crippen molar-refractivity contribution in [2.45, 2.75) is 13.8 Å². The molecule has 0 aliphatic heterocycles. The van der Waals surface area contributed by atoms with Crippen molar-refractivity contribution in [3.05, 3.63) is 23.3 Å². The van der Waals surface area contributed by atoms with Crippen LogP contribution in [0.1, 0.15) is 11.1 Å². The molecule has 0 spiro atoms. The van der Waals surface area contributed by atoms with Crippen molar-refractivity contribution < 1.29 is 19.1 Å². The molecule has 0 saturated carbocycles. The minimum absolute atomic E-state index is 0.233. The summed E-state index contributed by atoms with van der Waals surface area (Å²) in [5.41, 5.74) is 1.63. The maximum Gasteiger partial charge on any atom is 0.414 e. The summed E-state index contributed by atoms with van der Waals surface area (Å²) in [7, 11) is 6.32. The molecular formula is C14H20N2O4. The molecule has 0 aliphatic carbocycles. The van der Waals surface area contributed by atoms with E-state index in [1.54, 1.807) is 41.2 Å². The zero-order valence-electron chi connectivity index (χ0n) is 12.7. The van der Waals surface area contributed by atoms with E-state index >= 15 is 0 Å². The van der Waals surface area contributed by atoms with E-state index in [1.165, 1.54) is 9.80 Å². The van der Waals surface area contributed by atoms with Crippen LogP contribution in [0.25, 0.3) is 0 Å². The molecule has 0 fully saturated rings. The molecule has 1 aromatic rings. The summed E-state index contributed by atoms with van der Waals surface area (Å²) in [4.78, 5) is 25.9. The van der Waals surface area contributed by atoms with Gasteiger partial charge in [0.25, 0.3) is 0 Å². The molecule has 110 valence electrons. The predicted octanol–water partition coefficient (Wildman–Crippen LogP) is 2.42. The lowest BCUT2D eigenvalue weighted by atomic mass is 10.1. The lowest BCUT2D eigenvalue weighted by Crippen LogP contribution is -2.27. The molecule has 6 nitrogen and oxygen atoms in total. The molecule has 2 amide bonds. The van der Waals surface area contributed by atoms with Gasteiger partial charge in [-0.25, -0.2) is 9.59 Å². The van der Waals surface area contributed by atoms with Crippen LogP contribution in [0.5, 0.6) is 11.5 Å². The van der Waals surface area contributed by atoms with E-state index in [4.69, 9.17) is 9.47 Å². The molecule has 0 N–H and O–H groups in total. The Balaban J connectivity index is 3.14. The fraction of sp³-hybridized carbons (Fsp3) is 0.429. The fourth-order valence-corrected chi connectivity index (χ4v) is 1.49. The van der Waals surface area contributed by atoms with Crippen molar-refractivity contribution in [2.24, 2.45) is 0 Å². The molecule has 0 aromatic heterocycles. The predicted molar refractivity (Wildman–Crippen MR) is 75.3 cm³/mol. The number of carbonyl (C=O) groups is 2. The molecule has 0 atom stereocenters. The molecule has 20 heavy (non-hydrogen) atoms. The van der Waals surface area contributed by atoms with Gasteiger partial charge in [-0.05, 0) is 31.0 Å². The zero-order chi connectivity index (χ0) is 15.4. The molecule has 0 heterocycles. The largest absolute Gasteiger partial charge is 0.414 e. The van der Waals surface area contributed by atoms with Gasteiger partial charge >= 0.3 is 12.2 Å². The quantitative estimate of drug-likeness (QED) is 0.834. The highest BCUT2D eigenvalue weighted by molar-refractivity contribution is 5.75. The zero-order valence-corrected chi connectivity index (χ0v) is 12.7. The molecule has 0 saturated heterocycles. The summed E-state index contributed by atoms with van der Waals surface area (Å²) in [5, 5.41) is 0. The third-order valence-electron chi connectivity index (χ3n) is 2.50. The van der Waals surface area contributed by atoms with Gasteiger partial charge in [-0.2, -0.15) is 0 Å². The van der Waals surface area contributed by atoms with E-state index in [2.05, 4.69) is 0 Å². The Morgan fingerprint density at radius 1 is 0.900 bits per heavy atom. The number of amides is 2. The van der Waals surface area contributed by atoms with Crippen molar-refractivity contribution in [3.8, 4) is 11.5 Å². The first kappa shape index (κ1) is 15.8. The van der Waals surface area contributed by atoms with Crippen LogP contribution in [0.3, 0.4) is 0 Å². The Kier molecular flexibility index (Phi) is 4.96. The minimum atomic E-state index is -0.530. The van der Waals surface area contributed by atoms with Crippen molar-refractivity contribution >= 4 is 12.2 Å². The molecule has 0 unspecified atom stereocenters. The van der Waals surface area contributed by atoms with Crippen molar-refractivity contribution in [2.75, 3.05) is 28.2 Å². The van der Waals surface area contributed by atoms with Gasteiger partial charge in [-0.1, -0.05) is 6.07 Å². The molecular weight excluding hydrogens is 260 g/mol. The minimum Gasteiger partial charge on any atom is -0.406 e. The summed E-state index contributed by atoms with van der Waals surface area (Å²) >= 11 is 0. The Morgan fingerprint density at radius 3 is 1.90 bits per heavy atom. The van der Waals surface area contributed by atoms with Gasteiger partial charge in [0.1, 0.15) is 0 Å². The van der Waals surface area contributed by atoms with Crippen molar-refractivity contribution in [1.82, 2.24) is 9.80 Å². The highest BCUT2D eigenvalue weighted by atomic mass is 16.6. The fourth-order valence-electron chi connectivity index (χ4n) is 1.49. The molecule has 1 rings (SSSR count). The van der Waals surface area contributed by atoms with Crippen LogP contribution in [0.15, 0.2) is 12.1 Å². The second-order valence-corrected chi connectivity index (χ2v) is 4.93. The van der Waals surface area contributed by atoms with Gasteiger partial charge < -0.3 is 19.3 Å². The highest BCUT2D eigenvalue weighted by Crippen LogP contribution is 2.33. The van der Waals surface area contributed by atoms with E-state index in [0.717, 1.165) is 11.1 Å². The number of rotatable bonds is 2. The first-order valence-electron chi connectivity index (χ1n) is 6.12.